The zero-order chi connectivity index (χ0) is 34.9. The zero-order valence-corrected chi connectivity index (χ0v) is 25.4. The first-order chi connectivity index (χ1) is 23.2. The lowest BCUT2D eigenvalue weighted by atomic mass is 10.0. The molecular weight excluding hydrogens is 650 g/mol. The summed E-state index contributed by atoms with van der Waals surface area (Å²) in [6.45, 7) is 1.79. The molecule has 0 saturated carbocycles. The van der Waals surface area contributed by atoms with Gasteiger partial charge >= 0.3 is 12.5 Å². The van der Waals surface area contributed by atoms with Crippen LogP contribution in [0.2, 0.25) is 0 Å². The summed E-state index contributed by atoms with van der Waals surface area (Å²) in [6, 6.07) is 24.6. The number of nitrogens with zero attached hydrogens (tertiary/aromatic N) is 2. The maximum atomic E-state index is 13.2. The molecule has 0 fully saturated rings. The van der Waals surface area contributed by atoms with E-state index in [-0.39, 0.29) is 17.5 Å². The van der Waals surface area contributed by atoms with Crippen molar-refractivity contribution in [3.63, 3.8) is 0 Å². The van der Waals surface area contributed by atoms with Crippen molar-refractivity contribution in [3.8, 4) is 5.75 Å². The smallest absolute Gasteiger partial charge is 0.406 e. The monoisotopic (exact) mass is 674 g/mol. The Hall–Kier alpha value is -5.98. The third-order valence-electron chi connectivity index (χ3n) is 7.45. The lowest BCUT2D eigenvalue weighted by molar-refractivity contribution is -0.274. The number of alkyl halides is 6. The number of ether oxygens (including phenoxy) is 1. The molecule has 0 aliphatic heterocycles. The minimum atomic E-state index is -4.87. The summed E-state index contributed by atoms with van der Waals surface area (Å²) in [5.74, 6) is -1.77. The van der Waals surface area contributed by atoms with Crippen LogP contribution in [0.25, 0.3) is 21.8 Å². The molecule has 6 aromatic rings. The van der Waals surface area contributed by atoms with Crippen LogP contribution in [-0.4, -0.2) is 28.1 Å². The Bertz CT molecular complexity index is 2220. The van der Waals surface area contributed by atoms with Crippen molar-refractivity contribution in [1.82, 2.24) is 9.97 Å². The van der Waals surface area contributed by atoms with Gasteiger partial charge in [-0.05, 0) is 85.3 Å². The number of benzene rings is 4. The third kappa shape index (κ3) is 7.78. The van der Waals surface area contributed by atoms with Gasteiger partial charge in [0, 0.05) is 39.7 Å². The predicted molar refractivity (Wildman–Crippen MR) is 172 cm³/mol. The Morgan fingerprint density at radius 1 is 0.673 bits per heavy atom. The Balaban J connectivity index is 1.28. The maximum absolute atomic E-state index is 13.2. The van der Waals surface area contributed by atoms with Gasteiger partial charge in [-0.15, -0.1) is 13.2 Å². The first-order valence-corrected chi connectivity index (χ1v) is 14.7. The predicted octanol–water partition coefficient (Wildman–Crippen LogP) is 9.10. The van der Waals surface area contributed by atoms with Gasteiger partial charge in [0.1, 0.15) is 5.75 Å². The lowest BCUT2D eigenvalue weighted by Gasteiger charge is -2.13. The summed E-state index contributed by atoms with van der Waals surface area (Å²) in [7, 11) is 0. The molecule has 2 aromatic heterocycles. The molecule has 6 rings (SSSR count). The molecule has 2 N–H and O–H groups in total. The van der Waals surface area contributed by atoms with Crippen LogP contribution in [0.15, 0.2) is 103 Å². The molecule has 13 heteroatoms. The Morgan fingerprint density at radius 2 is 1.35 bits per heavy atom. The quantitative estimate of drug-likeness (QED) is 0.165. The van der Waals surface area contributed by atoms with Crippen LogP contribution in [0.3, 0.4) is 0 Å². The molecule has 0 radical (unpaired) electrons. The SMILES string of the molecule is Cc1ccc2cc(Cc3ccc4cccc(NC(=O)c5cccc(C(F)(F)F)c5)c4n3)cc(NC(=O)c3ccc(OC(F)(F)F)cc3)c2n1. The number of carbonyl (C=O) groups is 2. The number of anilines is 2. The highest BCUT2D eigenvalue weighted by Gasteiger charge is 2.32. The molecule has 0 saturated heterocycles. The van der Waals surface area contributed by atoms with Crippen LogP contribution in [-0.2, 0) is 12.6 Å². The fourth-order valence-electron chi connectivity index (χ4n) is 5.22. The number of pyridine rings is 2. The number of halogens is 6. The number of aryl methyl sites for hydroxylation is 1. The molecule has 0 aliphatic carbocycles. The van der Waals surface area contributed by atoms with Gasteiger partial charge in [-0.2, -0.15) is 13.2 Å². The standard InChI is InChI=1S/C36H24F6N4O3/c1-20-8-9-24-16-21(18-30(32(24)43-20)46-33(47)23-11-14-28(15-12-23)49-36(40,41)42)17-27-13-10-22-4-3-7-29(31(22)44-27)45-34(48)25-5-2-6-26(19-25)35(37,38)39/h2-16,18-19H,17H2,1H3,(H,45,48)(H,46,47). The van der Waals surface area contributed by atoms with Gasteiger partial charge in [-0.3, -0.25) is 19.6 Å². The number of fused-ring (bicyclic) bond motifs is 2. The second-order valence-electron chi connectivity index (χ2n) is 11.1. The Morgan fingerprint density at radius 3 is 2.08 bits per heavy atom. The Labute approximate surface area is 274 Å². The summed E-state index contributed by atoms with van der Waals surface area (Å²) < 4.78 is 81.2. The number of carbonyl (C=O) groups excluding carboxylic acids is 2. The van der Waals surface area contributed by atoms with Crippen molar-refractivity contribution < 1.29 is 40.7 Å². The molecule has 0 bridgehead atoms. The molecule has 2 heterocycles. The minimum absolute atomic E-state index is 0.0941. The van der Waals surface area contributed by atoms with Crippen molar-refractivity contribution in [1.29, 1.82) is 0 Å². The molecular formula is C36H24F6N4O3. The number of nitrogens with one attached hydrogen (secondary N) is 2. The molecule has 7 nitrogen and oxygen atoms in total. The van der Waals surface area contributed by atoms with E-state index in [0.29, 0.717) is 44.6 Å². The van der Waals surface area contributed by atoms with E-state index in [1.807, 2.05) is 18.2 Å². The van der Waals surface area contributed by atoms with Gasteiger partial charge in [-0.1, -0.05) is 30.3 Å². The van der Waals surface area contributed by atoms with Gasteiger partial charge < -0.3 is 15.4 Å². The average Bonchev–Trinajstić information content (AvgIpc) is 3.04. The fraction of sp³-hybridized carbons (Fsp3) is 0.111. The van der Waals surface area contributed by atoms with E-state index in [1.54, 1.807) is 43.3 Å². The normalized spacial score (nSPS) is 11.8. The van der Waals surface area contributed by atoms with Gasteiger partial charge in [0.25, 0.3) is 11.8 Å². The summed E-state index contributed by atoms with van der Waals surface area (Å²) in [5.41, 5.74) is 2.60. The average molecular weight is 675 g/mol. The van der Waals surface area contributed by atoms with E-state index >= 15 is 0 Å². The van der Waals surface area contributed by atoms with Crippen molar-refractivity contribution in [2.45, 2.75) is 25.9 Å². The second-order valence-corrected chi connectivity index (χ2v) is 11.1. The topological polar surface area (TPSA) is 93.2 Å². The Kier molecular flexibility index (Phi) is 8.68. The van der Waals surface area contributed by atoms with E-state index in [4.69, 9.17) is 4.98 Å². The van der Waals surface area contributed by atoms with Crippen LogP contribution in [0.4, 0.5) is 37.7 Å². The van der Waals surface area contributed by atoms with Crippen molar-refractivity contribution in [2.75, 3.05) is 10.6 Å². The number of hydrogen-bond acceptors (Lipinski definition) is 5. The first kappa shape index (κ1) is 32.9. The van der Waals surface area contributed by atoms with Gasteiger partial charge in [0.15, 0.2) is 0 Å². The van der Waals surface area contributed by atoms with Gasteiger partial charge in [-0.25, -0.2) is 0 Å². The molecule has 0 atom stereocenters. The van der Waals surface area contributed by atoms with E-state index in [0.717, 1.165) is 35.9 Å². The highest BCUT2D eigenvalue weighted by Crippen LogP contribution is 2.31. The number of aromatic nitrogens is 2. The largest absolute Gasteiger partial charge is 0.573 e. The highest BCUT2D eigenvalue weighted by molar-refractivity contribution is 6.09. The third-order valence-corrected chi connectivity index (χ3v) is 7.45. The molecule has 0 unspecified atom stereocenters. The number of hydrogen-bond donors (Lipinski definition) is 2. The molecule has 49 heavy (non-hydrogen) atoms. The summed E-state index contributed by atoms with van der Waals surface area (Å²) >= 11 is 0. The van der Waals surface area contributed by atoms with Crippen LogP contribution in [0.5, 0.6) is 5.75 Å². The van der Waals surface area contributed by atoms with E-state index in [9.17, 15) is 35.9 Å². The number of rotatable bonds is 7. The van der Waals surface area contributed by atoms with E-state index < -0.39 is 35.7 Å². The maximum Gasteiger partial charge on any atom is 0.573 e. The fourth-order valence-corrected chi connectivity index (χ4v) is 5.22. The molecule has 2 amide bonds. The van der Waals surface area contributed by atoms with E-state index in [2.05, 4.69) is 20.4 Å². The van der Waals surface area contributed by atoms with Crippen molar-refractivity contribution in [2.24, 2.45) is 0 Å². The lowest BCUT2D eigenvalue weighted by Crippen LogP contribution is -2.17. The zero-order valence-electron chi connectivity index (χ0n) is 25.4. The van der Waals surface area contributed by atoms with Crippen molar-refractivity contribution in [3.05, 3.63) is 137 Å². The number of amides is 2. The second kappa shape index (κ2) is 12.9. The molecule has 0 spiro atoms. The summed E-state index contributed by atoms with van der Waals surface area (Å²) in [5, 5.41) is 6.88. The van der Waals surface area contributed by atoms with Crippen LogP contribution >= 0.6 is 0 Å². The molecule has 4 aromatic carbocycles. The summed E-state index contributed by atoms with van der Waals surface area (Å²) in [6.07, 6.45) is -9.19. The molecule has 248 valence electrons. The first-order valence-electron chi connectivity index (χ1n) is 14.7. The van der Waals surface area contributed by atoms with Crippen LogP contribution in [0.1, 0.15) is 43.2 Å². The van der Waals surface area contributed by atoms with Gasteiger partial charge in [0.05, 0.1) is 28.0 Å². The van der Waals surface area contributed by atoms with Crippen LogP contribution < -0.4 is 15.4 Å². The van der Waals surface area contributed by atoms with Crippen LogP contribution in [0, 0.1) is 6.92 Å². The van der Waals surface area contributed by atoms with E-state index in [1.165, 1.54) is 18.2 Å². The minimum Gasteiger partial charge on any atom is -0.406 e. The van der Waals surface area contributed by atoms with Crippen molar-refractivity contribution >= 4 is 45.0 Å². The number of para-hydroxylation sites is 1. The van der Waals surface area contributed by atoms with Gasteiger partial charge in [0.2, 0.25) is 0 Å². The summed E-state index contributed by atoms with van der Waals surface area (Å²) in [4.78, 5) is 35.4. The molecule has 0 aliphatic rings. The highest BCUT2D eigenvalue weighted by atomic mass is 19.4.